The molecule has 17 heavy (non-hydrogen) atoms. The van der Waals surface area contributed by atoms with Crippen LogP contribution in [0.3, 0.4) is 0 Å². The summed E-state index contributed by atoms with van der Waals surface area (Å²) in [5, 5.41) is 0.531. The number of aliphatic imine (C=N–C) groups is 1. The van der Waals surface area contributed by atoms with Crippen LogP contribution in [-0.4, -0.2) is 5.17 Å². The van der Waals surface area contributed by atoms with Crippen molar-refractivity contribution >= 4 is 22.5 Å². The van der Waals surface area contributed by atoms with E-state index >= 15 is 0 Å². The van der Waals surface area contributed by atoms with Gasteiger partial charge in [0.05, 0.1) is 5.69 Å². The molecule has 2 aromatic carbocycles. The van der Waals surface area contributed by atoms with Crippen LogP contribution in [0.2, 0.25) is 0 Å². The third-order valence-corrected chi connectivity index (χ3v) is 2.96. The summed E-state index contributed by atoms with van der Waals surface area (Å²) in [6.45, 7) is 4.09. The molecule has 0 aliphatic heterocycles. The van der Waals surface area contributed by atoms with E-state index < -0.39 is 0 Å². The zero-order valence-corrected chi connectivity index (χ0v) is 10.7. The zero-order valence-electron chi connectivity index (χ0n) is 9.94. The third-order valence-electron chi connectivity index (χ3n) is 2.66. The topological polar surface area (TPSA) is 12.4 Å². The molecule has 0 heterocycles. The molecule has 0 atom stereocenters. The van der Waals surface area contributed by atoms with E-state index in [9.17, 15) is 0 Å². The number of hydrogen-bond donors (Lipinski definition) is 0. The second-order valence-corrected chi connectivity index (χ2v) is 4.37. The lowest BCUT2D eigenvalue weighted by molar-refractivity contribution is 1.33. The van der Waals surface area contributed by atoms with E-state index in [-0.39, 0.29) is 0 Å². The highest BCUT2D eigenvalue weighted by atomic mass is 35.5. The third kappa shape index (κ3) is 2.75. The van der Waals surface area contributed by atoms with Crippen molar-refractivity contribution in [1.82, 2.24) is 0 Å². The number of hydrogen-bond acceptors (Lipinski definition) is 1. The van der Waals surface area contributed by atoms with Crippen LogP contribution in [0.25, 0.3) is 0 Å². The van der Waals surface area contributed by atoms with E-state index in [1.807, 2.05) is 62.4 Å². The van der Waals surface area contributed by atoms with E-state index in [2.05, 4.69) is 4.99 Å². The molecule has 0 amide bonds. The minimum Gasteiger partial charge on any atom is -0.236 e. The maximum atomic E-state index is 6.23. The molecule has 2 rings (SSSR count). The van der Waals surface area contributed by atoms with Gasteiger partial charge < -0.3 is 0 Å². The van der Waals surface area contributed by atoms with Gasteiger partial charge >= 0.3 is 0 Å². The van der Waals surface area contributed by atoms with Gasteiger partial charge in [-0.3, -0.25) is 0 Å². The van der Waals surface area contributed by atoms with Crippen LogP contribution < -0.4 is 0 Å². The van der Waals surface area contributed by atoms with Crippen molar-refractivity contribution in [3.63, 3.8) is 0 Å². The molecule has 0 saturated heterocycles. The highest BCUT2D eigenvalue weighted by molar-refractivity contribution is 6.69. The second kappa shape index (κ2) is 5.15. The van der Waals surface area contributed by atoms with E-state index in [0.29, 0.717) is 5.17 Å². The average molecular weight is 244 g/mol. The summed E-state index contributed by atoms with van der Waals surface area (Å²) in [5.74, 6) is 0. The van der Waals surface area contributed by atoms with E-state index in [0.717, 1.165) is 22.4 Å². The molecule has 86 valence electrons. The van der Waals surface area contributed by atoms with Crippen LogP contribution in [0.1, 0.15) is 16.7 Å². The maximum Gasteiger partial charge on any atom is 0.136 e. The van der Waals surface area contributed by atoms with E-state index in [1.165, 1.54) is 0 Å². The van der Waals surface area contributed by atoms with Crippen LogP contribution in [-0.2, 0) is 0 Å². The van der Waals surface area contributed by atoms with Crippen LogP contribution >= 0.6 is 11.6 Å². The average Bonchev–Trinajstić information content (AvgIpc) is 2.35. The summed E-state index contributed by atoms with van der Waals surface area (Å²) in [6.07, 6.45) is 0. The standard InChI is InChI=1S/C15H14ClN/c1-11-7-6-8-12(2)14(11)17-15(16)13-9-4-3-5-10-13/h3-10H,1-2H3. The molecule has 0 aliphatic rings. The fraction of sp³-hybridized carbons (Fsp3) is 0.133. The number of aryl methyl sites for hydroxylation is 2. The first-order chi connectivity index (χ1) is 8.18. The largest absolute Gasteiger partial charge is 0.236 e. The Bertz CT molecular complexity index is 524. The molecule has 0 bridgehead atoms. The normalized spacial score (nSPS) is 11.6. The molecule has 0 aromatic heterocycles. The molecule has 0 spiro atoms. The Morgan fingerprint density at radius 2 is 1.47 bits per heavy atom. The van der Waals surface area contributed by atoms with Crippen molar-refractivity contribution in [1.29, 1.82) is 0 Å². The molecule has 0 fully saturated rings. The molecule has 0 N–H and O–H groups in total. The van der Waals surface area contributed by atoms with Gasteiger partial charge in [-0.1, -0.05) is 60.1 Å². The first-order valence-electron chi connectivity index (χ1n) is 5.54. The Hall–Kier alpha value is -1.60. The van der Waals surface area contributed by atoms with Gasteiger partial charge in [-0.2, -0.15) is 0 Å². The summed E-state index contributed by atoms with van der Waals surface area (Å²) in [4.78, 5) is 4.51. The molecule has 0 unspecified atom stereocenters. The summed E-state index contributed by atoms with van der Waals surface area (Å²) in [6, 6.07) is 15.9. The lowest BCUT2D eigenvalue weighted by atomic mass is 10.1. The van der Waals surface area contributed by atoms with Crippen molar-refractivity contribution in [2.45, 2.75) is 13.8 Å². The van der Waals surface area contributed by atoms with Gasteiger partial charge in [-0.25, -0.2) is 4.99 Å². The number of halogens is 1. The van der Waals surface area contributed by atoms with Gasteiger partial charge in [0.25, 0.3) is 0 Å². The molecule has 0 radical (unpaired) electrons. The fourth-order valence-electron chi connectivity index (χ4n) is 1.72. The predicted octanol–water partition coefficient (Wildman–Crippen LogP) is 4.62. The summed E-state index contributed by atoms with van der Waals surface area (Å²) < 4.78 is 0. The first kappa shape index (κ1) is 11.9. The zero-order chi connectivity index (χ0) is 12.3. The van der Waals surface area contributed by atoms with Gasteiger partial charge in [0.15, 0.2) is 0 Å². The number of benzene rings is 2. The van der Waals surface area contributed by atoms with Gasteiger partial charge in [0, 0.05) is 5.56 Å². The summed E-state index contributed by atoms with van der Waals surface area (Å²) in [7, 11) is 0. The summed E-state index contributed by atoms with van der Waals surface area (Å²) in [5.41, 5.74) is 4.18. The molecule has 2 heteroatoms. The SMILES string of the molecule is Cc1cccc(C)c1N=C(Cl)c1ccccc1. The van der Waals surface area contributed by atoms with E-state index in [1.54, 1.807) is 0 Å². The van der Waals surface area contributed by atoms with Gasteiger partial charge in [-0.15, -0.1) is 0 Å². The van der Waals surface area contributed by atoms with Crippen molar-refractivity contribution < 1.29 is 0 Å². The number of para-hydroxylation sites is 1. The fourth-order valence-corrected chi connectivity index (χ4v) is 1.93. The Morgan fingerprint density at radius 3 is 2.06 bits per heavy atom. The van der Waals surface area contributed by atoms with Gasteiger partial charge in [0.1, 0.15) is 5.17 Å². The van der Waals surface area contributed by atoms with Crippen molar-refractivity contribution in [3.05, 3.63) is 65.2 Å². The Labute approximate surface area is 107 Å². The Kier molecular flexibility index (Phi) is 3.60. The minimum atomic E-state index is 0.531. The lowest BCUT2D eigenvalue weighted by Crippen LogP contribution is -1.91. The predicted molar refractivity (Wildman–Crippen MR) is 74.4 cm³/mol. The highest BCUT2D eigenvalue weighted by Crippen LogP contribution is 2.24. The Balaban J connectivity index is 2.43. The monoisotopic (exact) mass is 243 g/mol. The first-order valence-corrected chi connectivity index (χ1v) is 5.92. The van der Waals surface area contributed by atoms with Crippen molar-refractivity contribution in [2.75, 3.05) is 0 Å². The smallest absolute Gasteiger partial charge is 0.136 e. The van der Waals surface area contributed by atoms with Gasteiger partial charge in [0.2, 0.25) is 0 Å². The van der Waals surface area contributed by atoms with E-state index in [4.69, 9.17) is 11.6 Å². The highest BCUT2D eigenvalue weighted by Gasteiger charge is 2.03. The molecular weight excluding hydrogens is 230 g/mol. The quantitative estimate of drug-likeness (QED) is 0.683. The Morgan fingerprint density at radius 1 is 0.882 bits per heavy atom. The van der Waals surface area contributed by atoms with Crippen LogP contribution in [0.4, 0.5) is 5.69 Å². The molecular formula is C15H14ClN. The van der Waals surface area contributed by atoms with Crippen LogP contribution in [0.15, 0.2) is 53.5 Å². The molecule has 2 aromatic rings. The molecule has 1 nitrogen and oxygen atoms in total. The maximum absolute atomic E-state index is 6.23. The molecule has 0 saturated carbocycles. The number of nitrogens with zero attached hydrogens (tertiary/aromatic N) is 1. The van der Waals surface area contributed by atoms with Crippen molar-refractivity contribution in [3.8, 4) is 0 Å². The minimum absolute atomic E-state index is 0.531. The number of rotatable bonds is 2. The summed E-state index contributed by atoms with van der Waals surface area (Å²) >= 11 is 6.23. The van der Waals surface area contributed by atoms with Crippen LogP contribution in [0.5, 0.6) is 0 Å². The van der Waals surface area contributed by atoms with Crippen molar-refractivity contribution in [2.24, 2.45) is 4.99 Å². The second-order valence-electron chi connectivity index (χ2n) is 4.01. The van der Waals surface area contributed by atoms with Gasteiger partial charge in [-0.05, 0) is 25.0 Å². The van der Waals surface area contributed by atoms with Crippen LogP contribution in [0, 0.1) is 13.8 Å². The molecule has 0 aliphatic carbocycles. The lowest BCUT2D eigenvalue weighted by Gasteiger charge is -2.05.